The lowest BCUT2D eigenvalue weighted by atomic mass is 9.81. The number of nitrogens with zero attached hydrogens (tertiary/aromatic N) is 2. The summed E-state index contributed by atoms with van der Waals surface area (Å²) in [5, 5.41) is 0. The Hall–Kier alpha value is -1.43. The van der Waals surface area contributed by atoms with Crippen LogP contribution in [0.25, 0.3) is 0 Å². The van der Waals surface area contributed by atoms with Crippen molar-refractivity contribution in [1.29, 1.82) is 0 Å². The van der Waals surface area contributed by atoms with Crippen LogP contribution < -0.4 is 5.73 Å². The molecule has 2 aliphatic heterocycles. The van der Waals surface area contributed by atoms with Crippen LogP contribution in [0.2, 0.25) is 0 Å². The van der Waals surface area contributed by atoms with E-state index in [9.17, 15) is 14.4 Å². The molecule has 3 aliphatic rings. The summed E-state index contributed by atoms with van der Waals surface area (Å²) in [7, 11) is 0. The molecule has 3 rings (SSSR count). The number of likely N-dealkylation sites (tertiary alicyclic amines) is 2. The van der Waals surface area contributed by atoms with Crippen molar-refractivity contribution < 1.29 is 14.4 Å². The maximum Gasteiger partial charge on any atom is 0.242 e. The minimum absolute atomic E-state index is 0.0199. The van der Waals surface area contributed by atoms with Crippen molar-refractivity contribution in [3.63, 3.8) is 0 Å². The molecule has 0 radical (unpaired) electrons. The molecule has 6 heteroatoms. The number of nitrogens with two attached hydrogens (primary N) is 1. The molecule has 3 fully saturated rings. The number of imide groups is 1. The lowest BCUT2D eigenvalue weighted by Gasteiger charge is -2.20. The number of fused-ring (bicyclic) bond motifs is 1. The molecule has 1 aliphatic carbocycles. The smallest absolute Gasteiger partial charge is 0.242 e. The molecule has 0 spiro atoms. The molecule has 0 aromatic rings. The van der Waals surface area contributed by atoms with E-state index in [0.717, 1.165) is 32.1 Å². The second kappa shape index (κ2) is 5.16. The van der Waals surface area contributed by atoms with Gasteiger partial charge in [-0.05, 0) is 19.3 Å². The maximum absolute atomic E-state index is 12.3. The van der Waals surface area contributed by atoms with Gasteiger partial charge < -0.3 is 10.6 Å². The summed E-state index contributed by atoms with van der Waals surface area (Å²) >= 11 is 0. The van der Waals surface area contributed by atoms with E-state index in [-0.39, 0.29) is 42.1 Å². The predicted molar refractivity (Wildman–Crippen MR) is 71.3 cm³/mol. The summed E-state index contributed by atoms with van der Waals surface area (Å²) in [6.07, 6.45) is 4.37. The molecule has 2 N–H and O–H groups in total. The fraction of sp³-hybridized carbons (Fsp3) is 0.786. The van der Waals surface area contributed by atoms with Gasteiger partial charge in [0.1, 0.15) is 6.54 Å². The van der Waals surface area contributed by atoms with Gasteiger partial charge in [-0.15, -0.1) is 0 Å². The van der Waals surface area contributed by atoms with Gasteiger partial charge in [-0.3, -0.25) is 19.3 Å². The highest BCUT2D eigenvalue weighted by Gasteiger charge is 2.48. The fourth-order valence-electron chi connectivity index (χ4n) is 3.64. The average Bonchev–Trinajstić information content (AvgIpc) is 2.98. The zero-order valence-corrected chi connectivity index (χ0v) is 11.6. The Bertz CT molecular complexity index is 427. The molecular weight excluding hydrogens is 258 g/mol. The van der Waals surface area contributed by atoms with Gasteiger partial charge in [0.05, 0.1) is 11.8 Å². The summed E-state index contributed by atoms with van der Waals surface area (Å²) in [4.78, 5) is 39.6. The molecule has 2 saturated heterocycles. The summed E-state index contributed by atoms with van der Waals surface area (Å²) in [6, 6.07) is 0.0199. The lowest BCUT2D eigenvalue weighted by Crippen LogP contribution is -2.43. The fourth-order valence-corrected chi connectivity index (χ4v) is 3.64. The Balaban J connectivity index is 1.66. The molecule has 2 heterocycles. The topological polar surface area (TPSA) is 83.7 Å². The van der Waals surface area contributed by atoms with Gasteiger partial charge in [-0.1, -0.05) is 12.8 Å². The van der Waals surface area contributed by atoms with E-state index in [1.165, 1.54) is 4.90 Å². The Morgan fingerprint density at radius 1 is 1.10 bits per heavy atom. The van der Waals surface area contributed by atoms with Crippen molar-refractivity contribution in [3.05, 3.63) is 0 Å². The Kier molecular flexibility index (Phi) is 3.50. The molecule has 3 amide bonds. The van der Waals surface area contributed by atoms with Crippen molar-refractivity contribution in [2.24, 2.45) is 17.6 Å². The van der Waals surface area contributed by atoms with Crippen LogP contribution in [0.5, 0.6) is 0 Å². The summed E-state index contributed by atoms with van der Waals surface area (Å²) in [5.74, 6) is -0.791. The normalized spacial score (nSPS) is 33.8. The molecule has 20 heavy (non-hydrogen) atoms. The number of carbonyl (C=O) groups excluding carboxylic acids is 3. The molecule has 2 unspecified atom stereocenters. The van der Waals surface area contributed by atoms with E-state index in [1.54, 1.807) is 4.90 Å². The zero-order chi connectivity index (χ0) is 14.3. The monoisotopic (exact) mass is 279 g/mol. The van der Waals surface area contributed by atoms with E-state index in [0.29, 0.717) is 13.1 Å². The first-order valence-corrected chi connectivity index (χ1v) is 7.46. The van der Waals surface area contributed by atoms with Gasteiger partial charge in [0.25, 0.3) is 0 Å². The largest absolute Gasteiger partial charge is 0.340 e. The molecule has 6 nitrogen and oxygen atoms in total. The van der Waals surface area contributed by atoms with Crippen molar-refractivity contribution in [2.75, 3.05) is 19.6 Å². The first kappa shape index (κ1) is 13.5. The van der Waals surface area contributed by atoms with Crippen LogP contribution in [0, 0.1) is 11.8 Å². The lowest BCUT2D eigenvalue weighted by molar-refractivity contribution is -0.146. The van der Waals surface area contributed by atoms with Crippen LogP contribution in [0.15, 0.2) is 0 Å². The second-order valence-corrected chi connectivity index (χ2v) is 6.15. The number of hydrogen-bond acceptors (Lipinski definition) is 4. The van der Waals surface area contributed by atoms with Gasteiger partial charge >= 0.3 is 0 Å². The van der Waals surface area contributed by atoms with Crippen LogP contribution in [0.3, 0.4) is 0 Å². The van der Waals surface area contributed by atoms with Crippen LogP contribution in [0.4, 0.5) is 0 Å². The van der Waals surface area contributed by atoms with Gasteiger partial charge in [-0.2, -0.15) is 0 Å². The number of amides is 3. The third kappa shape index (κ3) is 2.22. The van der Waals surface area contributed by atoms with Gasteiger partial charge in [0, 0.05) is 19.1 Å². The molecular formula is C14H21N3O3. The first-order chi connectivity index (χ1) is 9.58. The molecule has 0 bridgehead atoms. The van der Waals surface area contributed by atoms with Crippen LogP contribution in [0.1, 0.15) is 32.1 Å². The number of rotatable bonds is 2. The number of carbonyl (C=O) groups is 3. The minimum Gasteiger partial charge on any atom is -0.340 e. The summed E-state index contributed by atoms with van der Waals surface area (Å²) in [6.45, 7) is 1.06. The third-order valence-corrected chi connectivity index (χ3v) is 4.80. The standard InChI is InChI=1S/C14H21N3O3/c15-9-5-6-16(7-9)12(18)8-17-13(19)10-3-1-2-4-11(10)14(17)20/h9-11H,1-8,15H2/t9-,10?,11?/m1/s1. The zero-order valence-electron chi connectivity index (χ0n) is 11.6. The number of hydrogen-bond donors (Lipinski definition) is 1. The Morgan fingerprint density at radius 3 is 2.20 bits per heavy atom. The summed E-state index contributed by atoms with van der Waals surface area (Å²) < 4.78 is 0. The third-order valence-electron chi connectivity index (χ3n) is 4.80. The highest BCUT2D eigenvalue weighted by molar-refractivity contribution is 6.07. The molecule has 1 saturated carbocycles. The SMILES string of the molecule is N[C@@H]1CCN(C(=O)CN2C(=O)C3CCCCC3C2=O)C1. The van der Waals surface area contributed by atoms with Gasteiger partial charge in [0.2, 0.25) is 17.7 Å². The first-order valence-electron chi connectivity index (χ1n) is 7.46. The van der Waals surface area contributed by atoms with Crippen molar-refractivity contribution in [3.8, 4) is 0 Å². The van der Waals surface area contributed by atoms with E-state index in [2.05, 4.69) is 0 Å². The van der Waals surface area contributed by atoms with Crippen LogP contribution in [-0.4, -0.2) is 53.2 Å². The molecule has 3 atom stereocenters. The highest BCUT2D eigenvalue weighted by Crippen LogP contribution is 2.37. The molecule has 0 aromatic carbocycles. The quantitative estimate of drug-likeness (QED) is 0.705. The second-order valence-electron chi connectivity index (χ2n) is 6.15. The van der Waals surface area contributed by atoms with Crippen LogP contribution >= 0.6 is 0 Å². The van der Waals surface area contributed by atoms with E-state index >= 15 is 0 Å². The van der Waals surface area contributed by atoms with Gasteiger partial charge in [-0.25, -0.2) is 0 Å². The van der Waals surface area contributed by atoms with E-state index < -0.39 is 0 Å². The van der Waals surface area contributed by atoms with Crippen molar-refractivity contribution >= 4 is 17.7 Å². The Labute approximate surface area is 118 Å². The van der Waals surface area contributed by atoms with E-state index in [1.807, 2.05) is 0 Å². The van der Waals surface area contributed by atoms with Crippen LogP contribution in [-0.2, 0) is 14.4 Å². The average molecular weight is 279 g/mol. The predicted octanol–water partition coefficient (Wildman–Crippen LogP) is -0.279. The van der Waals surface area contributed by atoms with E-state index in [4.69, 9.17) is 5.73 Å². The maximum atomic E-state index is 12.3. The molecule has 0 aromatic heterocycles. The summed E-state index contributed by atoms with van der Waals surface area (Å²) in [5.41, 5.74) is 5.78. The van der Waals surface area contributed by atoms with Crippen molar-refractivity contribution in [1.82, 2.24) is 9.80 Å². The Morgan fingerprint density at radius 2 is 1.70 bits per heavy atom. The minimum atomic E-state index is -0.176. The van der Waals surface area contributed by atoms with Gasteiger partial charge in [0.15, 0.2) is 0 Å². The highest BCUT2D eigenvalue weighted by atomic mass is 16.2. The van der Waals surface area contributed by atoms with Crippen molar-refractivity contribution in [2.45, 2.75) is 38.1 Å². The molecule has 110 valence electrons.